The predicted molar refractivity (Wildman–Crippen MR) is 97.7 cm³/mol. The lowest BCUT2D eigenvalue weighted by atomic mass is 9.76. The average molecular weight is 299 g/mol. The Balaban J connectivity index is 4.59. The minimum Gasteiger partial charge on any atom is -0.176 e. The first kappa shape index (κ1) is 20.1. The molecule has 0 radical (unpaired) electrons. The largest absolute Gasteiger partial charge is 0.176 e. The van der Waals surface area contributed by atoms with Crippen molar-refractivity contribution in [2.45, 2.75) is 91.7 Å². The van der Waals surface area contributed by atoms with Crippen molar-refractivity contribution in [1.29, 1.82) is 0 Å². The van der Waals surface area contributed by atoms with Gasteiger partial charge >= 0.3 is 0 Å². The molecule has 0 heterocycles. The number of thiol groups is 1. The summed E-state index contributed by atoms with van der Waals surface area (Å²) in [5.41, 5.74) is 1.54. The van der Waals surface area contributed by atoms with Crippen molar-refractivity contribution in [2.75, 3.05) is 0 Å². The Morgan fingerprint density at radius 3 is 2.15 bits per heavy atom. The summed E-state index contributed by atoms with van der Waals surface area (Å²) in [6.45, 7) is 13.9. The zero-order chi connectivity index (χ0) is 15.5. The van der Waals surface area contributed by atoms with Crippen molar-refractivity contribution >= 4 is 12.6 Å². The lowest BCUT2D eigenvalue weighted by molar-refractivity contribution is 0.222. The van der Waals surface area contributed by atoms with E-state index in [9.17, 15) is 0 Å². The van der Waals surface area contributed by atoms with Gasteiger partial charge in [-0.15, -0.1) is 0 Å². The Bertz CT molecular complexity index is 254. The second-order valence-corrected chi connectivity index (χ2v) is 7.33. The zero-order valence-corrected chi connectivity index (χ0v) is 15.7. The quantitative estimate of drug-likeness (QED) is 0.311. The van der Waals surface area contributed by atoms with Crippen LogP contribution in [0.1, 0.15) is 86.5 Å². The van der Waals surface area contributed by atoms with Gasteiger partial charge in [-0.05, 0) is 50.4 Å². The van der Waals surface area contributed by atoms with Gasteiger partial charge in [0.05, 0.1) is 0 Å². The van der Waals surface area contributed by atoms with Crippen LogP contribution < -0.4 is 0 Å². The Kier molecular flexibility index (Phi) is 11.8. The summed E-state index contributed by atoms with van der Waals surface area (Å²) in [5.74, 6) is 2.37. The van der Waals surface area contributed by atoms with Crippen molar-refractivity contribution in [3.63, 3.8) is 0 Å². The smallest absolute Gasteiger partial charge is 0.00477 e. The Labute approximate surface area is 134 Å². The molecule has 0 fully saturated rings. The maximum absolute atomic E-state index is 4.94. The lowest BCUT2D eigenvalue weighted by Crippen LogP contribution is -2.27. The molecule has 0 aliphatic carbocycles. The summed E-state index contributed by atoms with van der Waals surface area (Å²) < 4.78 is 0. The predicted octanol–water partition coefficient (Wildman–Crippen LogP) is 6.91. The molecular weight excluding hydrogens is 260 g/mol. The van der Waals surface area contributed by atoms with Crippen LogP contribution in [-0.2, 0) is 0 Å². The van der Waals surface area contributed by atoms with Crippen molar-refractivity contribution in [3.8, 4) is 0 Å². The number of unbranched alkanes of at least 4 members (excludes halogenated alkanes) is 1. The molecule has 0 aromatic heterocycles. The van der Waals surface area contributed by atoms with E-state index in [-0.39, 0.29) is 0 Å². The summed E-state index contributed by atoms with van der Waals surface area (Å²) >= 11 is 4.94. The maximum atomic E-state index is 4.94. The monoisotopic (exact) mass is 298 g/mol. The molecule has 1 heteroatoms. The highest BCUT2D eigenvalue weighted by Crippen LogP contribution is 2.35. The van der Waals surface area contributed by atoms with Gasteiger partial charge in [0.25, 0.3) is 0 Å². The topological polar surface area (TPSA) is 0 Å². The molecule has 20 heavy (non-hydrogen) atoms. The molecule has 0 aliphatic rings. The molecule has 0 N–H and O–H groups in total. The van der Waals surface area contributed by atoms with Gasteiger partial charge in [-0.25, -0.2) is 0 Å². The van der Waals surface area contributed by atoms with E-state index in [1.165, 1.54) is 50.5 Å². The molecule has 0 rings (SSSR count). The Morgan fingerprint density at radius 1 is 1.05 bits per heavy atom. The number of hydrogen-bond acceptors (Lipinski definition) is 1. The second kappa shape index (κ2) is 11.7. The molecule has 0 saturated carbocycles. The molecule has 0 aromatic carbocycles. The van der Waals surface area contributed by atoms with Crippen molar-refractivity contribution in [1.82, 2.24) is 0 Å². The molecule has 120 valence electrons. The van der Waals surface area contributed by atoms with Crippen LogP contribution in [0.25, 0.3) is 0 Å². The van der Waals surface area contributed by atoms with Crippen LogP contribution in [0.15, 0.2) is 11.6 Å². The van der Waals surface area contributed by atoms with E-state index in [4.69, 9.17) is 12.6 Å². The Hall–Kier alpha value is 0.0900. The first-order valence-electron chi connectivity index (χ1n) is 8.81. The fraction of sp³-hybridized carbons (Fsp3) is 0.895. The van der Waals surface area contributed by atoms with Gasteiger partial charge in [-0.2, -0.15) is 12.6 Å². The van der Waals surface area contributed by atoms with E-state index in [0.717, 1.165) is 17.8 Å². The van der Waals surface area contributed by atoms with Crippen molar-refractivity contribution < 1.29 is 0 Å². The molecule has 3 atom stereocenters. The Morgan fingerprint density at radius 2 is 1.70 bits per heavy atom. The fourth-order valence-corrected chi connectivity index (χ4v) is 3.81. The van der Waals surface area contributed by atoms with Gasteiger partial charge in [0, 0.05) is 5.25 Å². The highest BCUT2D eigenvalue weighted by molar-refractivity contribution is 7.81. The van der Waals surface area contributed by atoms with E-state index in [1.54, 1.807) is 0 Å². The van der Waals surface area contributed by atoms with E-state index >= 15 is 0 Å². The van der Waals surface area contributed by atoms with E-state index in [2.05, 4.69) is 47.6 Å². The van der Waals surface area contributed by atoms with E-state index in [1.807, 2.05) is 0 Å². The fourth-order valence-electron chi connectivity index (χ4n) is 3.20. The van der Waals surface area contributed by atoms with Gasteiger partial charge in [-0.3, -0.25) is 0 Å². The van der Waals surface area contributed by atoms with Crippen LogP contribution in [-0.4, -0.2) is 5.25 Å². The molecule has 0 nitrogen and oxygen atoms in total. The number of allylic oxidation sites excluding steroid dienone is 2. The minimum absolute atomic E-state index is 0.587. The molecule has 0 spiro atoms. The highest BCUT2D eigenvalue weighted by Gasteiger charge is 2.27. The number of hydrogen-bond donors (Lipinski definition) is 1. The second-order valence-electron chi connectivity index (χ2n) is 6.67. The van der Waals surface area contributed by atoms with Crippen molar-refractivity contribution in [3.05, 3.63) is 11.6 Å². The number of rotatable bonds is 11. The molecule has 0 aromatic rings. The summed E-state index contributed by atoms with van der Waals surface area (Å²) in [6, 6.07) is 0. The van der Waals surface area contributed by atoms with Crippen LogP contribution in [0.2, 0.25) is 0 Å². The summed E-state index contributed by atoms with van der Waals surface area (Å²) in [6.07, 6.45) is 11.4. The molecule has 0 amide bonds. The van der Waals surface area contributed by atoms with Gasteiger partial charge < -0.3 is 0 Å². The minimum atomic E-state index is 0.587. The third-order valence-electron chi connectivity index (χ3n) is 4.78. The van der Waals surface area contributed by atoms with E-state index < -0.39 is 0 Å². The van der Waals surface area contributed by atoms with Crippen LogP contribution in [0.5, 0.6) is 0 Å². The standard InChI is InChI=1S/C19H38S/c1-7-10-14-19(20)17(9-3)18(15(4)5)13-11-12-16(6)8-2/h12,15,17-20H,7-11,13-14H2,1-6H3. The van der Waals surface area contributed by atoms with Gasteiger partial charge in [0.1, 0.15) is 0 Å². The van der Waals surface area contributed by atoms with Crippen LogP contribution in [0, 0.1) is 17.8 Å². The van der Waals surface area contributed by atoms with E-state index in [0.29, 0.717) is 5.25 Å². The summed E-state index contributed by atoms with van der Waals surface area (Å²) in [5, 5.41) is 0.587. The normalized spacial score (nSPS) is 17.3. The van der Waals surface area contributed by atoms with Gasteiger partial charge in [-0.1, -0.05) is 65.5 Å². The van der Waals surface area contributed by atoms with Gasteiger partial charge in [0.15, 0.2) is 0 Å². The van der Waals surface area contributed by atoms with Crippen LogP contribution in [0.4, 0.5) is 0 Å². The third-order valence-corrected chi connectivity index (χ3v) is 5.42. The maximum Gasteiger partial charge on any atom is 0.00477 e. The lowest BCUT2D eigenvalue weighted by Gasteiger charge is -2.33. The summed E-state index contributed by atoms with van der Waals surface area (Å²) in [4.78, 5) is 0. The molecule has 0 aliphatic heterocycles. The zero-order valence-electron chi connectivity index (χ0n) is 14.8. The average Bonchev–Trinajstić information content (AvgIpc) is 2.43. The highest BCUT2D eigenvalue weighted by atomic mass is 32.1. The van der Waals surface area contributed by atoms with Gasteiger partial charge in [0.2, 0.25) is 0 Å². The first-order valence-corrected chi connectivity index (χ1v) is 9.33. The third kappa shape index (κ3) is 7.76. The molecule has 0 saturated heterocycles. The summed E-state index contributed by atoms with van der Waals surface area (Å²) in [7, 11) is 0. The van der Waals surface area contributed by atoms with Crippen LogP contribution >= 0.6 is 12.6 Å². The SMILES string of the molecule is CCCCC(S)C(CC)C(CCC=C(C)CC)C(C)C. The molecule has 0 bridgehead atoms. The first-order chi connectivity index (χ1) is 9.47. The van der Waals surface area contributed by atoms with Crippen molar-refractivity contribution in [2.24, 2.45) is 17.8 Å². The molecular formula is C19H38S. The molecule has 3 unspecified atom stereocenters. The van der Waals surface area contributed by atoms with Crippen LogP contribution in [0.3, 0.4) is 0 Å².